The number of piperazine rings is 1. The molecule has 1 amide bonds. The van der Waals surface area contributed by atoms with E-state index in [9.17, 15) is 4.79 Å². The van der Waals surface area contributed by atoms with Crippen LogP contribution in [-0.4, -0.2) is 73.1 Å². The average Bonchev–Trinajstić information content (AvgIpc) is 2.34. The van der Waals surface area contributed by atoms with E-state index in [-0.39, 0.29) is 5.91 Å². The maximum absolute atomic E-state index is 10.9. The summed E-state index contributed by atoms with van der Waals surface area (Å²) in [5, 5.41) is 1.89. The summed E-state index contributed by atoms with van der Waals surface area (Å²) in [5.41, 5.74) is 5.22. The van der Waals surface area contributed by atoms with Gasteiger partial charge in [0.15, 0.2) is 0 Å². The number of hydrogen-bond donors (Lipinski definition) is 2. The Morgan fingerprint density at radius 3 is 2.17 bits per heavy atom. The van der Waals surface area contributed by atoms with Gasteiger partial charge in [0.05, 0.1) is 6.54 Å². The second-order valence-corrected chi connectivity index (χ2v) is 5.52. The second kappa shape index (κ2) is 6.47. The van der Waals surface area contributed by atoms with Crippen molar-refractivity contribution in [2.75, 3.05) is 52.4 Å². The van der Waals surface area contributed by atoms with Gasteiger partial charge >= 0.3 is 0 Å². The van der Waals surface area contributed by atoms with Crippen molar-refractivity contribution in [2.45, 2.75) is 12.8 Å². The lowest BCUT2D eigenvalue weighted by atomic mass is 9.96. The van der Waals surface area contributed by atoms with Crippen LogP contribution in [0.1, 0.15) is 12.8 Å². The van der Waals surface area contributed by atoms with Gasteiger partial charge in [-0.05, 0) is 31.8 Å². The molecule has 2 rings (SSSR count). The van der Waals surface area contributed by atoms with Crippen LogP contribution in [0.3, 0.4) is 0 Å². The number of hydrogen-bond acceptors (Lipinski definition) is 5. The normalized spacial score (nSPS) is 25.4. The molecule has 6 nitrogen and oxygen atoms in total. The molecular formula is C12H25N5O. The number of carbonyl (C=O) groups is 1. The van der Waals surface area contributed by atoms with Crippen LogP contribution in [0.4, 0.5) is 0 Å². The smallest absolute Gasteiger partial charge is 0.231 e. The third-order valence-electron chi connectivity index (χ3n) is 4.01. The zero-order valence-electron chi connectivity index (χ0n) is 11.1. The SMILES string of the molecule is NC(=O)CN1CCC(CN2CCN(N)CC2)CC1. The van der Waals surface area contributed by atoms with Gasteiger partial charge in [-0.2, -0.15) is 0 Å². The van der Waals surface area contributed by atoms with E-state index in [4.69, 9.17) is 11.6 Å². The van der Waals surface area contributed by atoms with Crippen molar-refractivity contribution in [3.8, 4) is 0 Å². The standard InChI is InChI=1S/C12H25N5O/c13-12(18)10-15-3-1-11(2-4-15)9-16-5-7-17(14)8-6-16/h11H,1-10,14H2,(H2,13,18). The van der Waals surface area contributed by atoms with Crippen LogP contribution >= 0.6 is 0 Å². The monoisotopic (exact) mass is 255 g/mol. The molecule has 2 saturated heterocycles. The van der Waals surface area contributed by atoms with E-state index in [0.29, 0.717) is 6.54 Å². The summed E-state index contributed by atoms with van der Waals surface area (Å²) in [7, 11) is 0. The maximum atomic E-state index is 10.9. The fourth-order valence-corrected chi connectivity index (χ4v) is 2.86. The number of primary amides is 1. The van der Waals surface area contributed by atoms with Crippen molar-refractivity contribution in [1.29, 1.82) is 0 Å². The van der Waals surface area contributed by atoms with Crippen molar-refractivity contribution in [3.63, 3.8) is 0 Å². The summed E-state index contributed by atoms with van der Waals surface area (Å²) in [6, 6.07) is 0. The minimum Gasteiger partial charge on any atom is -0.369 e. The summed E-state index contributed by atoms with van der Waals surface area (Å²) in [4.78, 5) is 15.5. The maximum Gasteiger partial charge on any atom is 0.231 e. The van der Waals surface area contributed by atoms with Gasteiger partial charge in [0, 0.05) is 32.7 Å². The van der Waals surface area contributed by atoms with Gasteiger partial charge in [-0.1, -0.05) is 0 Å². The highest BCUT2D eigenvalue weighted by Crippen LogP contribution is 2.18. The largest absolute Gasteiger partial charge is 0.369 e. The third-order valence-corrected chi connectivity index (χ3v) is 4.01. The number of hydrazine groups is 1. The van der Waals surface area contributed by atoms with E-state index in [1.54, 1.807) is 0 Å². The molecule has 0 radical (unpaired) electrons. The van der Waals surface area contributed by atoms with Crippen molar-refractivity contribution in [2.24, 2.45) is 17.5 Å². The zero-order valence-corrected chi connectivity index (χ0v) is 11.1. The Balaban J connectivity index is 1.65. The molecule has 6 heteroatoms. The quantitative estimate of drug-likeness (QED) is 0.609. The van der Waals surface area contributed by atoms with E-state index in [1.807, 2.05) is 5.01 Å². The summed E-state index contributed by atoms with van der Waals surface area (Å²) in [6.45, 7) is 7.71. The molecule has 0 atom stereocenters. The molecule has 2 fully saturated rings. The topological polar surface area (TPSA) is 78.8 Å². The first kappa shape index (κ1) is 13.7. The molecule has 104 valence electrons. The van der Waals surface area contributed by atoms with Crippen LogP contribution in [0.5, 0.6) is 0 Å². The van der Waals surface area contributed by atoms with E-state index in [1.165, 1.54) is 19.4 Å². The minimum absolute atomic E-state index is 0.215. The zero-order chi connectivity index (χ0) is 13.0. The van der Waals surface area contributed by atoms with Gasteiger partial charge in [0.2, 0.25) is 5.91 Å². The number of piperidine rings is 1. The van der Waals surface area contributed by atoms with Crippen molar-refractivity contribution >= 4 is 5.91 Å². The molecule has 0 aliphatic carbocycles. The van der Waals surface area contributed by atoms with Gasteiger partial charge in [-0.15, -0.1) is 0 Å². The van der Waals surface area contributed by atoms with Gasteiger partial charge in [-0.25, -0.2) is 5.01 Å². The molecule has 0 aromatic rings. The van der Waals surface area contributed by atoms with Gasteiger partial charge in [-0.3, -0.25) is 15.5 Å². The Morgan fingerprint density at radius 1 is 1.00 bits per heavy atom. The molecule has 0 bridgehead atoms. The number of likely N-dealkylation sites (tertiary alicyclic amines) is 1. The van der Waals surface area contributed by atoms with Crippen molar-refractivity contribution in [1.82, 2.24) is 14.8 Å². The fraction of sp³-hybridized carbons (Fsp3) is 0.917. The molecule has 2 heterocycles. The first-order valence-electron chi connectivity index (χ1n) is 6.86. The van der Waals surface area contributed by atoms with Crippen LogP contribution in [0, 0.1) is 5.92 Å². The number of nitrogens with zero attached hydrogens (tertiary/aromatic N) is 3. The van der Waals surface area contributed by atoms with Crippen LogP contribution in [0.25, 0.3) is 0 Å². The van der Waals surface area contributed by atoms with Gasteiger partial charge < -0.3 is 10.6 Å². The highest BCUT2D eigenvalue weighted by atomic mass is 16.1. The molecule has 2 aliphatic rings. The Labute approximate surface area is 109 Å². The Kier molecular flexibility index (Phi) is 4.94. The highest BCUT2D eigenvalue weighted by molar-refractivity contribution is 5.75. The molecule has 0 spiro atoms. The minimum atomic E-state index is -0.215. The molecular weight excluding hydrogens is 230 g/mol. The average molecular weight is 255 g/mol. The predicted octanol–water partition coefficient (Wildman–Crippen LogP) is -1.32. The molecule has 0 aromatic heterocycles. The molecule has 2 aliphatic heterocycles. The first-order chi connectivity index (χ1) is 8.63. The Hall–Kier alpha value is -0.690. The van der Waals surface area contributed by atoms with Gasteiger partial charge in [0.25, 0.3) is 0 Å². The van der Waals surface area contributed by atoms with Crippen molar-refractivity contribution in [3.05, 3.63) is 0 Å². The van der Waals surface area contributed by atoms with Crippen molar-refractivity contribution < 1.29 is 4.79 Å². The molecule has 4 N–H and O–H groups in total. The summed E-state index contributed by atoms with van der Waals surface area (Å²) < 4.78 is 0. The number of carbonyl (C=O) groups excluding carboxylic acids is 1. The van der Waals surface area contributed by atoms with E-state index < -0.39 is 0 Å². The molecule has 0 saturated carbocycles. The Morgan fingerprint density at radius 2 is 1.61 bits per heavy atom. The number of nitrogens with two attached hydrogens (primary N) is 2. The number of rotatable bonds is 4. The number of amides is 1. The lowest BCUT2D eigenvalue weighted by Gasteiger charge is -2.37. The van der Waals surface area contributed by atoms with Crippen LogP contribution in [0.2, 0.25) is 0 Å². The fourth-order valence-electron chi connectivity index (χ4n) is 2.86. The van der Waals surface area contributed by atoms with E-state index in [0.717, 1.165) is 45.2 Å². The summed E-state index contributed by atoms with van der Waals surface area (Å²) in [5.74, 6) is 6.30. The third kappa shape index (κ3) is 4.20. The van der Waals surface area contributed by atoms with Crippen LogP contribution in [0.15, 0.2) is 0 Å². The van der Waals surface area contributed by atoms with Crippen LogP contribution in [-0.2, 0) is 4.79 Å². The van der Waals surface area contributed by atoms with Gasteiger partial charge in [0.1, 0.15) is 0 Å². The van der Waals surface area contributed by atoms with E-state index in [2.05, 4.69) is 9.80 Å². The molecule has 0 unspecified atom stereocenters. The highest BCUT2D eigenvalue weighted by Gasteiger charge is 2.23. The lowest BCUT2D eigenvalue weighted by Crippen LogP contribution is -2.51. The first-order valence-corrected chi connectivity index (χ1v) is 6.86. The lowest BCUT2D eigenvalue weighted by molar-refractivity contribution is -0.119. The van der Waals surface area contributed by atoms with E-state index >= 15 is 0 Å². The summed E-state index contributed by atoms with van der Waals surface area (Å²) in [6.07, 6.45) is 2.35. The molecule has 0 aromatic carbocycles. The predicted molar refractivity (Wildman–Crippen MR) is 70.6 cm³/mol. The van der Waals surface area contributed by atoms with Crippen LogP contribution < -0.4 is 11.6 Å². The second-order valence-electron chi connectivity index (χ2n) is 5.52. The summed E-state index contributed by atoms with van der Waals surface area (Å²) >= 11 is 0. The Bertz CT molecular complexity index is 270. The molecule has 18 heavy (non-hydrogen) atoms.